The topological polar surface area (TPSA) is 52.9 Å². The van der Waals surface area contributed by atoms with Crippen LogP contribution in [0.25, 0.3) is 16.5 Å². The molecule has 0 saturated heterocycles. The SMILES string of the molecule is O=C1C(=NO)C=C(N(c2ccccc2)c2ccc3ccccc3c2)c2ccccc21. The molecular weight excluding hydrogens is 372 g/mol. The molecule has 0 aliphatic heterocycles. The Balaban J connectivity index is 1.78. The van der Waals surface area contributed by atoms with Crippen LogP contribution in [-0.4, -0.2) is 16.7 Å². The van der Waals surface area contributed by atoms with Gasteiger partial charge in [-0.05, 0) is 41.1 Å². The smallest absolute Gasteiger partial charge is 0.215 e. The van der Waals surface area contributed by atoms with E-state index >= 15 is 0 Å². The van der Waals surface area contributed by atoms with Gasteiger partial charge in [-0.15, -0.1) is 0 Å². The monoisotopic (exact) mass is 390 g/mol. The molecule has 4 heteroatoms. The van der Waals surface area contributed by atoms with E-state index in [1.165, 1.54) is 0 Å². The van der Waals surface area contributed by atoms with Crippen molar-refractivity contribution >= 4 is 39.3 Å². The number of nitrogens with zero attached hydrogens (tertiary/aromatic N) is 2. The van der Waals surface area contributed by atoms with Crippen LogP contribution >= 0.6 is 0 Å². The van der Waals surface area contributed by atoms with Crippen LogP contribution in [0.4, 0.5) is 11.4 Å². The van der Waals surface area contributed by atoms with Crippen molar-refractivity contribution in [3.05, 3.63) is 114 Å². The number of benzene rings is 4. The molecule has 0 radical (unpaired) electrons. The maximum atomic E-state index is 12.7. The first-order valence-electron chi connectivity index (χ1n) is 9.68. The van der Waals surface area contributed by atoms with E-state index in [-0.39, 0.29) is 11.5 Å². The summed E-state index contributed by atoms with van der Waals surface area (Å²) >= 11 is 0. The van der Waals surface area contributed by atoms with Crippen LogP contribution in [0.5, 0.6) is 0 Å². The van der Waals surface area contributed by atoms with Crippen LogP contribution < -0.4 is 4.90 Å². The summed E-state index contributed by atoms with van der Waals surface area (Å²) in [5.41, 5.74) is 4.01. The number of para-hydroxylation sites is 1. The van der Waals surface area contributed by atoms with Gasteiger partial charge < -0.3 is 10.1 Å². The number of ketones is 1. The van der Waals surface area contributed by atoms with Gasteiger partial charge in [0.1, 0.15) is 0 Å². The van der Waals surface area contributed by atoms with E-state index in [1.807, 2.05) is 60.7 Å². The zero-order valence-corrected chi connectivity index (χ0v) is 16.1. The summed E-state index contributed by atoms with van der Waals surface area (Å²) in [6, 6.07) is 31.8. The zero-order valence-electron chi connectivity index (χ0n) is 16.1. The number of allylic oxidation sites excluding steroid dienone is 1. The summed E-state index contributed by atoms with van der Waals surface area (Å²) in [6.45, 7) is 0. The second-order valence-corrected chi connectivity index (χ2v) is 7.09. The maximum Gasteiger partial charge on any atom is 0.215 e. The number of Topliss-reactive ketones (excluding diaryl/α,β-unsaturated/α-hetero) is 1. The lowest BCUT2D eigenvalue weighted by molar-refractivity contribution is 0.106. The van der Waals surface area contributed by atoms with E-state index in [1.54, 1.807) is 12.1 Å². The Bertz CT molecular complexity index is 1320. The fourth-order valence-electron chi connectivity index (χ4n) is 3.89. The second-order valence-electron chi connectivity index (χ2n) is 7.09. The predicted octanol–water partition coefficient (Wildman–Crippen LogP) is 6.05. The van der Waals surface area contributed by atoms with Gasteiger partial charge in [0.05, 0.1) is 5.70 Å². The summed E-state index contributed by atoms with van der Waals surface area (Å²) in [7, 11) is 0. The lowest BCUT2D eigenvalue weighted by Crippen LogP contribution is -2.26. The summed E-state index contributed by atoms with van der Waals surface area (Å²) in [6.07, 6.45) is 1.65. The average molecular weight is 390 g/mol. The van der Waals surface area contributed by atoms with Crippen molar-refractivity contribution in [2.24, 2.45) is 5.16 Å². The van der Waals surface area contributed by atoms with E-state index in [0.717, 1.165) is 33.4 Å². The van der Waals surface area contributed by atoms with E-state index in [4.69, 9.17) is 0 Å². The van der Waals surface area contributed by atoms with Crippen molar-refractivity contribution in [1.29, 1.82) is 0 Å². The standard InChI is InChI=1S/C26H18N2O2/c29-26-23-13-7-6-12-22(23)25(17-24(26)27-30)28(20-10-2-1-3-11-20)21-15-14-18-8-4-5-9-19(18)16-21/h1-17,30H. The highest BCUT2D eigenvalue weighted by Crippen LogP contribution is 2.38. The van der Waals surface area contributed by atoms with E-state index in [9.17, 15) is 10.0 Å². The van der Waals surface area contributed by atoms with Crippen molar-refractivity contribution in [1.82, 2.24) is 0 Å². The molecule has 0 heterocycles. The Kier molecular flexibility index (Phi) is 4.37. The van der Waals surface area contributed by atoms with Crippen molar-refractivity contribution in [2.75, 3.05) is 4.90 Å². The number of anilines is 2. The van der Waals surface area contributed by atoms with Crippen molar-refractivity contribution in [3.63, 3.8) is 0 Å². The summed E-state index contributed by atoms with van der Waals surface area (Å²) in [5.74, 6) is -0.289. The molecule has 0 unspecified atom stereocenters. The molecule has 4 aromatic rings. The van der Waals surface area contributed by atoms with Crippen LogP contribution in [0.1, 0.15) is 15.9 Å². The molecule has 1 N–H and O–H groups in total. The van der Waals surface area contributed by atoms with Gasteiger partial charge in [0.15, 0.2) is 5.71 Å². The van der Waals surface area contributed by atoms with Crippen LogP contribution in [0.2, 0.25) is 0 Å². The molecule has 0 bridgehead atoms. The van der Waals surface area contributed by atoms with Gasteiger partial charge in [0, 0.05) is 22.5 Å². The normalized spacial score (nSPS) is 14.5. The minimum absolute atomic E-state index is 0.0189. The number of hydrogen-bond acceptors (Lipinski definition) is 4. The van der Waals surface area contributed by atoms with Gasteiger partial charge in [0.2, 0.25) is 5.78 Å². The fraction of sp³-hybridized carbons (Fsp3) is 0. The van der Waals surface area contributed by atoms with Crippen molar-refractivity contribution in [2.45, 2.75) is 0 Å². The summed E-state index contributed by atoms with van der Waals surface area (Å²) in [5, 5.41) is 15.0. The summed E-state index contributed by atoms with van der Waals surface area (Å²) in [4.78, 5) is 14.8. The van der Waals surface area contributed by atoms with Gasteiger partial charge in [0.25, 0.3) is 0 Å². The average Bonchev–Trinajstić information content (AvgIpc) is 2.81. The van der Waals surface area contributed by atoms with Gasteiger partial charge in [-0.1, -0.05) is 78.0 Å². The molecule has 1 aliphatic carbocycles. The molecule has 0 saturated carbocycles. The van der Waals surface area contributed by atoms with Crippen molar-refractivity contribution < 1.29 is 10.0 Å². The number of carbonyl (C=O) groups excluding carboxylic acids is 1. The molecule has 0 spiro atoms. The number of fused-ring (bicyclic) bond motifs is 2. The van der Waals surface area contributed by atoms with Crippen LogP contribution in [0.3, 0.4) is 0 Å². The third-order valence-electron chi connectivity index (χ3n) is 5.31. The highest BCUT2D eigenvalue weighted by Gasteiger charge is 2.28. The molecule has 4 nitrogen and oxygen atoms in total. The van der Waals surface area contributed by atoms with Crippen LogP contribution in [0.15, 0.2) is 108 Å². The molecule has 1 aliphatic rings. The van der Waals surface area contributed by atoms with Crippen LogP contribution in [0, 0.1) is 0 Å². The Morgan fingerprint density at radius 1 is 0.667 bits per heavy atom. The third kappa shape index (κ3) is 2.95. The largest absolute Gasteiger partial charge is 0.410 e. The second kappa shape index (κ2) is 7.33. The molecule has 30 heavy (non-hydrogen) atoms. The molecule has 4 aromatic carbocycles. The van der Waals surface area contributed by atoms with Crippen LogP contribution in [-0.2, 0) is 0 Å². The lowest BCUT2D eigenvalue weighted by atomic mass is 9.91. The number of carbonyl (C=O) groups is 1. The lowest BCUT2D eigenvalue weighted by Gasteiger charge is -2.31. The number of oxime groups is 1. The van der Waals surface area contributed by atoms with Gasteiger partial charge in [-0.3, -0.25) is 4.79 Å². The molecular formula is C26H18N2O2. The zero-order chi connectivity index (χ0) is 20.5. The maximum absolute atomic E-state index is 12.7. The predicted molar refractivity (Wildman–Crippen MR) is 121 cm³/mol. The quantitative estimate of drug-likeness (QED) is 0.342. The molecule has 0 aromatic heterocycles. The minimum atomic E-state index is -0.289. The molecule has 144 valence electrons. The van der Waals surface area contributed by atoms with Gasteiger partial charge in [-0.2, -0.15) is 0 Å². The first kappa shape index (κ1) is 17.9. The molecule has 0 fully saturated rings. The Labute approximate surface area is 174 Å². The minimum Gasteiger partial charge on any atom is -0.410 e. The van der Waals surface area contributed by atoms with E-state index in [0.29, 0.717) is 5.56 Å². The molecule has 5 rings (SSSR count). The highest BCUT2D eigenvalue weighted by molar-refractivity contribution is 6.53. The Hall–Kier alpha value is -4.18. The third-order valence-corrected chi connectivity index (χ3v) is 5.31. The van der Waals surface area contributed by atoms with E-state index < -0.39 is 0 Å². The first-order chi connectivity index (χ1) is 14.8. The van der Waals surface area contributed by atoms with Gasteiger partial charge in [-0.25, -0.2) is 0 Å². The van der Waals surface area contributed by atoms with E-state index in [2.05, 4.69) is 40.4 Å². The van der Waals surface area contributed by atoms with Gasteiger partial charge >= 0.3 is 0 Å². The van der Waals surface area contributed by atoms with Crippen molar-refractivity contribution in [3.8, 4) is 0 Å². The Morgan fingerprint density at radius 3 is 2.10 bits per heavy atom. The first-order valence-corrected chi connectivity index (χ1v) is 9.68. The Morgan fingerprint density at radius 2 is 1.33 bits per heavy atom. The summed E-state index contributed by atoms with van der Waals surface area (Å²) < 4.78 is 0. The fourth-order valence-corrected chi connectivity index (χ4v) is 3.89. The highest BCUT2D eigenvalue weighted by atomic mass is 16.4. The number of hydrogen-bond donors (Lipinski definition) is 1. The molecule has 0 atom stereocenters. The number of rotatable bonds is 3. The molecule has 0 amide bonds.